The zero-order chi connectivity index (χ0) is 19.1. The van der Waals surface area contributed by atoms with Gasteiger partial charge in [-0.2, -0.15) is 11.8 Å². The maximum absolute atomic E-state index is 6.16. The molecule has 1 saturated carbocycles. The maximum atomic E-state index is 6.16. The number of guanidine groups is 1. The van der Waals surface area contributed by atoms with Crippen LogP contribution in [0.25, 0.3) is 0 Å². The first-order chi connectivity index (χ1) is 13.2. The summed E-state index contributed by atoms with van der Waals surface area (Å²) in [6, 6.07) is 9.34. The summed E-state index contributed by atoms with van der Waals surface area (Å²) >= 11 is 2.00. The molecule has 4 nitrogen and oxygen atoms in total. The van der Waals surface area contributed by atoms with Gasteiger partial charge >= 0.3 is 0 Å². The summed E-state index contributed by atoms with van der Waals surface area (Å²) in [5.41, 5.74) is 2.59. The molecule has 28 heavy (non-hydrogen) atoms. The molecule has 1 aliphatic carbocycles. The predicted molar refractivity (Wildman–Crippen MR) is 132 cm³/mol. The highest BCUT2D eigenvalue weighted by atomic mass is 127. The minimum Gasteiger partial charge on any atom is -0.373 e. The molecule has 2 N–H and O–H groups in total. The van der Waals surface area contributed by atoms with Crippen LogP contribution in [0, 0.1) is 12.8 Å². The van der Waals surface area contributed by atoms with E-state index in [-0.39, 0.29) is 30.1 Å². The molecule has 6 heteroatoms. The zero-order valence-electron chi connectivity index (χ0n) is 17.4. The van der Waals surface area contributed by atoms with E-state index in [0.717, 1.165) is 30.8 Å². The van der Waals surface area contributed by atoms with Gasteiger partial charge < -0.3 is 15.4 Å². The van der Waals surface area contributed by atoms with Crippen molar-refractivity contribution >= 4 is 41.7 Å². The first-order valence-electron chi connectivity index (χ1n) is 10.4. The summed E-state index contributed by atoms with van der Waals surface area (Å²) in [5, 5.41) is 8.02. The monoisotopic (exact) mass is 517 g/mol. The smallest absolute Gasteiger partial charge is 0.191 e. The first-order valence-corrected chi connectivity index (χ1v) is 11.7. The summed E-state index contributed by atoms with van der Waals surface area (Å²) in [7, 11) is 1.87. The van der Waals surface area contributed by atoms with E-state index in [1.54, 1.807) is 0 Å². The fourth-order valence-electron chi connectivity index (χ4n) is 4.28. The Morgan fingerprint density at radius 1 is 1.18 bits per heavy atom. The van der Waals surface area contributed by atoms with Crippen LogP contribution in [0.2, 0.25) is 0 Å². The minimum atomic E-state index is 0. The second-order valence-electron chi connectivity index (χ2n) is 7.92. The number of hydrogen-bond donors (Lipinski definition) is 2. The Hall–Kier alpha value is -0.470. The summed E-state index contributed by atoms with van der Waals surface area (Å²) in [6.45, 7) is 3.89. The van der Waals surface area contributed by atoms with Gasteiger partial charge in [0, 0.05) is 37.4 Å². The van der Waals surface area contributed by atoms with Crippen molar-refractivity contribution in [3.8, 4) is 0 Å². The van der Waals surface area contributed by atoms with Gasteiger partial charge in [0.1, 0.15) is 0 Å². The van der Waals surface area contributed by atoms with Crippen LogP contribution in [0.3, 0.4) is 0 Å². The highest BCUT2D eigenvalue weighted by molar-refractivity contribution is 14.0. The topological polar surface area (TPSA) is 45.7 Å². The van der Waals surface area contributed by atoms with Crippen molar-refractivity contribution in [1.29, 1.82) is 0 Å². The van der Waals surface area contributed by atoms with Gasteiger partial charge in [0.25, 0.3) is 0 Å². The number of hydrogen-bond acceptors (Lipinski definition) is 3. The van der Waals surface area contributed by atoms with Crippen molar-refractivity contribution in [3.05, 3.63) is 35.4 Å². The van der Waals surface area contributed by atoms with Crippen molar-refractivity contribution in [3.63, 3.8) is 0 Å². The fourth-order valence-corrected chi connectivity index (χ4v) is 5.11. The van der Waals surface area contributed by atoms with Crippen molar-refractivity contribution in [1.82, 2.24) is 10.6 Å². The van der Waals surface area contributed by atoms with Crippen molar-refractivity contribution in [2.75, 3.05) is 26.5 Å². The van der Waals surface area contributed by atoms with E-state index in [2.05, 4.69) is 53.1 Å². The quantitative estimate of drug-likeness (QED) is 0.331. The third kappa shape index (κ3) is 6.80. The Morgan fingerprint density at radius 2 is 1.96 bits per heavy atom. The van der Waals surface area contributed by atoms with Crippen LogP contribution in [0.5, 0.6) is 0 Å². The normalized spacial score (nSPS) is 28.3. The molecule has 0 amide bonds. The average molecular weight is 518 g/mol. The highest BCUT2D eigenvalue weighted by Crippen LogP contribution is 2.33. The lowest BCUT2D eigenvalue weighted by molar-refractivity contribution is -0.0265. The summed E-state index contributed by atoms with van der Waals surface area (Å²) < 4.78 is 6.16. The van der Waals surface area contributed by atoms with E-state index in [0.29, 0.717) is 12.0 Å². The highest BCUT2D eigenvalue weighted by Gasteiger charge is 2.28. The standard InChI is InChI=1S/C22H35N3OS.HI/c1-16-9-11-17(12-10-16)21-18(6-5-13-26-21)15-24-22(23-2)25-19-7-4-8-20(14-19)27-3;/h9-12,18-21H,4-8,13-15H2,1-3H3,(H2,23,24,25);1H. The third-order valence-electron chi connectivity index (χ3n) is 5.91. The summed E-state index contributed by atoms with van der Waals surface area (Å²) in [4.78, 5) is 4.47. The molecule has 2 aliphatic rings. The Kier molecular flexibility index (Phi) is 10.4. The molecule has 0 radical (unpaired) electrons. The molecular weight excluding hydrogens is 481 g/mol. The second kappa shape index (κ2) is 12.3. The van der Waals surface area contributed by atoms with E-state index in [1.165, 1.54) is 43.2 Å². The molecule has 3 rings (SSSR count). The average Bonchev–Trinajstić information content (AvgIpc) is 2.72. The van der Waals surface area contributed by atoms with E-state index >= 15 is 0 Å². The molecule has 0 bridgehead atoms. The van der Waals surface area contributed by atoms with Crippen LogP contribution < -0.4 is 10.6 Å². The number of aliphatic imine (C=N–C) groups is 1. The van der Waals surface area contributed by atoms with Gasteiger partial charge in [0.2, 0.25) is 0 Å². The maximum Gasteiger partial charge on any atom is 0.191 e. The van der Waals surface area contributed by atoms with Gasteiger partial charge in [-0.25, -0.2) is 0 Å². The number of benzene rings is 1. The van der Waals surface area contributed by atoms with Crippen LogP contribution in [-0.4, -0.2) is 43.7 Å². The molecule has 1 saturated heterocycles. The molecule has 0 aromatic heterocycles. The Bertz CT molecular complexity index is 610. The molecule has 1 heterocycles. The molecule has 1 aliphatic heterocycles. The number of ether oxygens (including phenoxy) is 1. The minimum absolute atomic E-state index is 0. The van der Waals surface area contributed by atoms with E-state index < -0.39 is 0 Å². The lowest BCUT2D eigenvalue weighted by Gasteiger charge is -2.34. The number of halogens is 1. The van der Waals surface area contributed by atoms with Crippen LogP contribution in [0.1, 0.15) is 55.8 Å². The van der Waals surface area contributed by atoms with Crippen molar-refractivity contribution < 1.29 is 4.74 Å². The lowest BCUT2D eigenvalue weighted by Crippen LogP contribution is -2.47. The van der Waals surface area contributed by atoms with Crippen LogP contribution in [0.15, 0.2) is 29.3 Å². The number of nitrogens with one attached hydrogen (secondary N) is 2. The second-order valence-corrected chi connectivity index (χ2v) is 9.06. The number of rotatable bonds is 5. The van der Waals surface area contributed by atoms with Crippen molar-refractivity contribution in [2.45, 2.75) is 62.8 Å². The first kappa shape index (κ1) is 23.8. The Morgan fingerprint density at radius 3 is 2.68 bits per heavy atom. The number of thioether (sulfide) groups is 1. The SMILES string of the molecule is CN=C(NCC1CCCOC1c1ccc(C)cc1)NC1CCCC(SC)C1.I. The van der Waals surface area contributed by atoms with E-state index in [4.69, 9.17) is 4.74 Å². The van der Waals surface area contributed by atoms with Crippen LogP contribution >= 0.6 is 35.7 Å². The van der Waals surface area contributed by atoms with E-state index in [1.807, 2.05) is 18.8 Å². The van der Waals surface area contributed by atoms with Gasteiger partial charge in [0.05, 0.1) is 6.10 Å². The van der Waals surface area contributed by atoms with Gasteiger partial charge in [0.15, 0.2) is 5.96 Å². The summed E-state index contributed by atoms with van der Waals surface area (Å²) in [6.07, 6.45) is 9.89. The molecule has 0 spiro atoms. The molecule has 2 fully saturated rings. The molecule has 1 aromatic rings. The number of aryl methyl sites for hydroxylation is 1. The molecule has 4 unspecified atom stereocenters. The van der Waals surface area contributed by atoms with Gasteiger partial charge in [-0.3, -0.25) is 4.99 Å². The van der Waals surface area contributed by atoms with Gasteiger partial charge in [-0.05, 0) is 50.8 Å². The molecule has 4 atom stereocenters. The number of nitrogens with zero attached hydrogens (tertiary/aromatic N) is 1. The molecular formula is C22H36IN3OS. The molecule has 158 valence electrons. The van der Waals surface area contributed by atoms with Gasteiger partial charge in [-0.1, -0.05) is 36.2 Å². The Balaban J connectivity index is 0.00000280. The van der Waals surface area contributed by atoms with Gasteiger partial charge in [-0.15, -0.1) is 24.0 Å². The lowest BCUT2D eigenvalue weighted by atomic mass is 9.89. The largest absolute Gasteiger partial charge is 0.373 e. The zero-order valence-corrected chi connectivity index (χ0v) is 20.6. The third-order valence-corrected chi connectivity index (χ3v) is 7.00. The predicted octanol–water partition coefficient (Wildman–Crippen LogP) is 4.92. The molecule has 1 aromatic carbocycles. The van der Waals surface area contributed by atoms with Crippen molar-refractivity contribution in [2.24, 2.45) is 10.9 Å². The van der Waals surface area contributed by atoms with E-state index in [9.17, 15) is 0 Å². The van der Waals surface area contributed by atoms with Crippen LogP contribution in [0.4, 0.5) is 0 Å². The summed E-state index contributed by atoms with van der Waals surface area (Å²) in [5.74, 6) is 1.42. The van der Waals surface area contributed by atoms with Crippen LogP contribution in [-0.2, 0) is 4.74 Å². The fraction of sp³-hybridized carbons (Fsp3) is 0.682. The Labute approximate surface area is 192 Å².